The maximum atomic E-state index is 9.14. The second kappa shape index (κ2) is 10.8. The van der Waals surface area contributed by atoms with E-state index in [-0.39, 0.29) is 6.61 Å². The maximum Gasteiger partial charge on any atom is 0.161 e. The lowest BCUT2D eigenvalue weighted by Gasteiger charge is -2.35. The number of anilines is 2. The zero-order valence-corrected chi connectivity index (χ0v) is 19.5. The van der Waals surface area contributed by atoms with E-state index in [0.29, 0.717) is 0 Å². The second-order valence-corrected chi connectivity index (χ2v) is 9.19. The highest BCUT2D eigenvalue weighted by molar-refractivity contribution is 5.63. The van der Waals surface area contributed by atoms with Crippen LogP contribution in [0.2, 0.25) is 0 Å². The van der Waals surface area contributed by atoms with Crippen LogP contribution >= 0.6 is 0 Å². The smallest absolute Gasteiger partial charge is 0.161 e. The summed E-state index contributed by atoms with van der Waals surface area (Å²) in [4.78, 5) is 19.3. The zero-order valence-electron chi connectivity index (χ0n) is 19.5. The summed E-state index contributed by atoms with van der Waals surface area (Å²) in [5, 5.41) is 9.14. The van der Waals surface area contributed by atoms with Gasteiger partial charge in [-0.3, -0.25) is 9.80 Å². The molecule has 8 nitrogen and oxygen atoms in total. The molecule has 0 unspecified atom stereocenters. The number of piperazine rings is 1. The minimum atomic E-state index is 0.237. The van der Waals surface area contributed by atoms with Crippen molar-refractivity contribution in [1.29, 1.82) is 0 Å². The largest absolute Gasteiger partial charge is 0.395 e. The van der Waals surface area contributed by atoms with Crippen LogP contribution < -0.4 is 9.80 Å². The fraction of sp³-hybridized carbons (Fsp3) is 0.600. The molecule has 8 heteroatoms. The van der Waals surface area contributed by atoms with E-state index >= 15 is 0 Å². The van der Waals surface area contributed by atoms with E-state index in [1.807, 2.05) is 6.20 Å². The SMILES string of the molecule is OCCN1CCN(c2ccc(-c3ncc4c(n3)N(CCCN3CCOCC3)CC4)cc2)CC1. The molecule has 0 spiro atoms. The Balaban J connectivity index is 1.19. The van der Waals surface area contributed by atoms with Gasteiger partial charge in [0.1, 0.15) is 5.82 Å². The van der Waals surface area contributed by atoms with Crippen LogP contribution in [0.1, 0.15) is 12.0 Å². The third-order valence-electron chi connectivity index (χ3n) is 7.08. The Morgan fingerprint density at radius 2 is 1.61 bits per heavy atom. The molecule has 0 bridgehead atoms. The molecule has 0 amide bonds. The summed E-state index contributed by atoms with van der Waals surface area (Å²) in [7, 11) is 0. The van der Waals surface area contributed by atoms with Crippen molar-refractivity contribution < 1.29 is 9.84 Å². The zero-order chi connectivity index (χ0) is 22.5. The number of aliphatic hydroxyl groups is 1. The number of hydrogen-bond donors (Lipinski definition) is 1. The summed E-state index contributed by atoms with van der Waals surface area (Å²) in [6.45, 7) is 12.0. The van der Waals surface area contributed by atoms with E-state index in [2.05, 4.69) is 48.8 Å². The summed E-state index contributed by atoms with van der Waals surface area (Å²) in [5.74, 6) is 1.93. The molecule has 178 valence electrons. The normalized spacial score (nSPS) is 19.8. The van der Waals surface area contributed by atoms with Crippen LogP contribution in [-0.4, -0.2) is 110 Å². The van der Waals surface area contributed by atoms with Gasteiger partial charge < -0.3 is 19.6 Å². The summed E-state index contributed by atoms with van der Waals surface area (Å²) >= 11 is 0. The fourth-order valence-electron chi connectivity index (χ4n) is 5.07. The van der Waals surface area contributed by atoms with Crippen LogP contribution in [-0.2, 0) is 11.2 Å². The van der Waals surface area contributed by atoms with E-state index in [9.17, 15) is 0 Å². The highest BCUT2D eigenvalue weighted by Gasteiger charge is 2.22. The predicted molar refractivity (Wildman–Crippen MR) is 131 cm³/mol. The first-order valence-electron chi connectivity index (χ1n) is 12.4. The Hall–Kier alpha value is -2.26. The first kappa shape index (κ1) is 22.5. The van der Waals surface area contributed by atoms with Gasteiger partial charge in [-0.05, 0) is 37.1 Å². The van der Waals surface area contributed by atoms with Crippen LogP contribution in [0.5, 0.6) is 0 Å². The van der Waals surface area contributed by atoms with Gasteiger partial charge in [0.2, 0.25) is 0 Å². The number of aromatic nitrogens is 2. The number of benzene rings is 1. The number of rotatable bonds is 8. The van der Waals surface area contributed by atoms with E-state index in [0.717, 1.165) is 109 Å². The van der Waals surface area contributed by atoms with Crippen molar-refractivity contribution in [2.45, 2.75) is 12.8 Å². The van der Waals surface area contributed by atoms with Gasteiger partial charge in [-0.2, -0.15) is 0 Å². The topological polar surface area (TPSA) is 68.2 Å². The number of fused-ring (bicyclic) bond motifs is 1. The maximum absolute atomic E-state index is 9.14. The average Bonchev–Trinajstić information content (AvgIpc) is 3.28. The number of morpholine rings is 1. The number of hydrogen-bond acceptors (Lipinski definition) is 8. The standard InChI is InChI=1S/C25H36N6O2/c32-17-14-29-10-12-30(13-11-29)23-4-2-21(3-5-23)24-26-20-22-6-9-31(25(22)27-24)8-1-7-28-15-18-33-19-16-28/h2-5,20,32H,1,6-19H2. The molecule has 3 aliphatic rings. The highest BCUT2D eigenvalue weighted by Crippen LogP contribution is 2.29. The molecule has 3 aliphatic heterocycles. The Labute approximate surface area is 196 Å². The third-order valence-corrected chi connectivity index (χ3v) is 7.08. The summed E-state index contributed by atoms with van der Waals surface area (Å²) in [6, 6.07) is 8.67. The summed E-state index contributed by atoms with van der Waals surface area (Å²) < 4.78 is 5.45. The van der Waals surface area contributed by atoms with Crippen molar-refractivity contribution in [1.82, 2.24) is 19.8 Å². The summed E-state index contributed by atoms with van der Waals surface area (Å²) in [5.41, 5.74) is 3.58. The minimum Gasteiger partial charge on any atom is -0.395 e. The van der Waals surface area contributed by atoms with E-state index in [1.165, 1.54) is 11.3 Å². The van der Waals surface area contributed by atoms with Gasteiger partial charge in [0.05, 0.1) is 19.8 Å². The molecule has 1 aromatic carbocycles. The molecule has 0 radical (unpaired) electrons. The van der Waals surface area contributed by atoms with E-state index in [1.54, 1.807) is 0 Å². The predicted octanol–water partition coefficient (Wildman–Crippen LogP) is 1.34. The Morgan fingerprint density at radius 1 is 0.848 bits per heavy atom. The van der Waals surface area contributed by atoms with Gasteiger partial charge in [-0.15, -0.1) is 0 Å². The molecule has 2 fully saturated rings. The molecule has 33 heavy (non-hydrogen) atoms. The highest BCUT2D eigenvalue weighted by atomic mass is 16.5. The average molecular weight is 453 g/mol. The van der Waals surface area contributed by atoms with Gasteiger partial charge in [0.15, 0.2) is 5.82 Å². The van der Waals surface area contributed by atoms with Gasteiger partial charge in [-0.1, -0.05) is 0 Å². The van der Waals surface area contributed by atoms with Gasteiger partial charge in [0, 0.05) is 88.5 Å². The monoisotopic (exact) mass is 452 g/mol. The molecule has 0 saturated carbocycles. The van der Waals surface area contributed by atoms with Gasteiger partial charge >= 0.3 is 0 Å². The third kappa shape index (κ3) is 5.46. The quantitative estimate of drug-likeness (QED) is 0.644. The van der Waals surface area contributed by atoms with E-state index in [4.69, 9.17) is 14.8 Å². The van der Waals surface area contributed by atoms with Crippen LogP contribution in [0.3, 0.4) is 0 Å². The molecule has 5 rings (SSSR count). The molecule has 0 atom stereocenters. The van der Waals surface area contributed by atoms with Crippen molar-refractivity contribution in [3.8, 4) is 11.4 Å². The molecule has 2 saturated heterocycles. The minimum absolute atomic E-state index is 0.237. The van der Waals surface area contributed by atoms with Gasteiger partial charge in [0.25, 0.3) is 0 Å². The molecular formula is C25H36N6O2. The fourth-order valence-corrected chi connectivity index (χ4v) is 5.07. The van der Waals surface area contributed by atoms with Crippen molar-refractivity contribution in [3.63, 3.8) is 0 Å². The van der Waals surface area contributed by atoms with Crippen LogP contribution in [0.15, 0.2) is 30.5 Å². The lowest BCUT2D eigenvalue weighted by atomic mass is 10.1. The Bertz CT molecular complexity index is 894. The van der Waals surface area contributed by atoms with Crippen molar-refractivity contribution in [2.75, 3.05) is 95.1 Å². The summed E-state index contributed by atoms with van der Waals surface area (Å²) in [6.07, 6.45) is 4.21. The van der Waals surface area contributed by atoms with Crippen LogP contribution in [0, 0.1) is 0 Å². The van der Waals surface area contributed by atoms with Crippen molar-refractivity contribution in [2.24, 2.45) is 0 Å². The van der Waals surface area contributed by atoms with Gasteiger partial charge in [-0.25, -0.2) is 9.97 Å². The molecule has 2 aromatic rings. The first-order chi connectivity index (χ1) is 16.3. The number of β-amino-alcohol motifs (C(OH)–C–C–N with tert-alkyl or cyclic N) is 1. The van der Waals surface area contributed by atoms with Crippen LogP contribution in [0.4, 0.5) is 11.5 Å². The molecule has 1 aromatic heterocycles. The first-order valence-corrected chi connectivity index (χ1v) is 12.4. The lowest BCUT2D eigenvalue weighted by Crippen LogP contribution is -2.47. The molecule has 4 heterocycles. The van der Waals surface area contributed by atoms with Crippen molar-refractivity contribution in [3.05, 3.63) is 36.0 Å². The number of ether oxygens (including phenoxy) is 1. The molecule has 0 aliphatic carbocycles. The second-order valence-electron chi connectivity index (χ2n) is 9.19. The molecular weight excluding hydrogens is 416 g/mol. The van der Waals surface area contributed by atoms with E-state index < -0.39 is 0 Å². The Kier molecular flexibility index (Phi) is 7.36. The lowest BCUT2D eigenvalue weighted by molar-refractivity contribution is 0.0376. The van der Waals surface area contributed by atoms with Crippen LogP contribution in [0.25, 0.3) is 11.4 Å². The number of aliphatic hydroxyl groups excluding tert-OH is 1. The van der Waals surface area contributed by atoms with Crippen molar-refractivity contribution >= 4 is 11.5 Å². The molecule has 1 N–H and O–H groups in total. The number of nitrogens with zero attached hydrogens (tertiary/aromatic N) is 6. The Morgan fingerprint density at radius 3 is 2.36 bits per heavy atom.